The summed E-state index contributed by atoms with van der Waals surface area (Å²) in [5, 5.41) is 10.8. The van der Waals surface area contributed by atoms with E-state index in [0.29, 0.717) is 16.6 Å². The van der Waals surface area contributed by atoms with Gasteiger partial charge in [-0.1, -0.05) is 23.2 Å². The van der Waals surface area contributed by atoms with Crippen molar-refractivity contribution in [1.82, 2.24) is 9.97 Å². The Morgan fingerprint density at radius 2 is 1.69 bits per heavy atom. The van der Waals surface area contributed by atoms with Gasteiger partial charge in [0.2, 0.25) is 0 Å². The van der Waals surface area contributed by atoms with Crippen LogP contribution in [0.15, 0.2) is 12.1 Å². The van der Waals surface area contributed by atoms with Crippen molar-refractivity contribution in [3.63, 3.8) is 0 Å². The first kappa shape index (κ1) is 11.0. The van der Waals surface area contributed by atoms with Crippen LogP contribution in [0.2, 0.25) is 10.3 Å². The molecule has 0 spiro atoms. The van der Waals surface area contributed by atoms with Crippen LogP contribution >= 0.6 is 23.2 Å². The van der Waals surface area contributed by atoms with Crippen LogP contribution in [0.5, 0.6) is 0 Å². The molecule has 1 heterocycles. The fraction of sp³-hybridized carbons (Fsp3) is 0.111. The largest absolute Gasteiger partial charge is 0.274 e. The van der Waals surface area contributed by atoms with Crippen LogP contribution in [0, 0.1) is 17.0 Å². The highest BCUT2D eigenvalue weighted by Crippen LogP contribution is 2.26. The van der Waals surface area contributed by atoms with Crippen molar-refractivity contribution in [3.05, 3.63) is 38.1 Å². The zero-order chi connectivity index (χ0) is 11.9. The fourth-order valence-electron chi connectivity index (χ4n) is 1.35. The monoisotopic (exact) mass is 257 g/mol. The van der Waals surface area contributed by atoms with E-state index >= 15 is 0 Å². The molecule has 2 rings (SSSR count). The average molecular weight is 258 g/mol. The highest BCUT2D eigenvalue weighted by Gasteiger charge is 2.14. The second-order valence-electron chi connectivity index (χ2n) is 3.19. The van der Waals surface area contributed by atoms with Crippen molar-refractivity contribution in [2.75, 3.05) is 0 Å². The second-order valence-corrected chi connectivity index (χ2v) is 3.91. The van der Waals surface area contributed by atoms with E-state index in [1.807, 2.05) is 0 Å². The third-order valence-electron chi connectivity index (χ3n) is 2.10. The number of aromatic nitrogens is 2. The fourth-order valence-corrected chi connectivity index (χ4v) is 1.62. The number of nitro groups is 1. The van der Waals surface area contributed by atoms with Crippen LogP contribution in [0.4, 0.5) is 5.69 Å². The van der Waals surface area contributed by atoms with Crippen LogP contribution in [-0.2, 0) is 0 Å². The van der Waals surface area contributed by atoms with E-state index in [0.717, 1.165) is 0 Å². The van der Waals surface area contributed by atoms with E-state index in [1.165, 1.54) is 6.07 Å². The van der Waals surface area contributed by atoms with Crippen LogP contribution in [0.1, 0.15) is 5.56 Å². The molecule has 0 aliphatic heterocycles. The molecule has 16 heavy (non-hydrogen) atoms. The van der Waals surface area contributed by atoms with Gasteiger partial charge in [-0.25, -0.2) is 9.97 Å². The van der Waals surface area contributed by atoms with Gasteiger partial charge in [-0.05, 0) is 13.0 Å². The van der Waals surface area contributed by atoms with Crippen LogP contribution in [-0.4, -0.2) is 14.9 Å². The number of hydrogen-bond donors (Lipinski definition) is 0. The molecule has 5 nitrogen and oxygen atoms in total. The lowest BCUT2D eigenvalue weighted by molar-refractivity contribution is -0.385. The van der Waals surface area contributed by atoms with Crippen LogP contribution in [0.25, 0.3) is 11.0 Å². The van der Waals surface area contributed by atoms with Gasteiger partial charge in [0.05, 0.1) is 16.0 Å². The Bertz CT molecular complexity index is 601. The zero-order valence-electron chi connectivity index (χ0n) is 8.07. The van der Waals surface area contributed by atoms with Gasteiger partial charge in [0, 0.05) is 11.6 Å². The summed E-state index contributed by atoms with van der Waals surface area (Å²) in [7, 11) is 0. The first-order valence-electron chi connectivity index (χ1n) is 4.27. The number of fused-ring (bicyclic) bond motifs is 1. The van der Waals surface area contributed by atoms with Gasteiger partial charge < -0.3 is 0 Å². The average Bonchev–Trinajstić information content (AvgIpc) is 2.19. The summed E-state index contributed by atoms with van der Waals surface area (Å²) < 4.78 is 0. The minimum absolute atomic E-state index is 0.0137. The van der Waals surface area contributed by atoms with E-state index < -0.39 is 4.92 Å². The van der Waals surface area contributed by atoms with Crippen LogP contribution in [0.3, 0.4) is 0 Å². The van der Waals surface area contributed by atoms with Gasteiger partial charge >= 0.3 is 0 Å². The molecule has 0 aliphatic carbocycles. The number of benzene rings is 1. The summed E-state index contributed by atoms with van der Waals surface area (Å²) in [5.74, 6) is 0. The Hall–Kier alpha value is -1.46. The Morgan fingerprint density at radius 3 is 2.19 bits per heavy atom. The van der Waals surface area contributed by atoms with Gasteiger partial charge in [-0.15, -0.1) is 0 Å². The highest BCUT2D eigenvalue weighted by atomic mass is 35.5. The van der Waals surface area contributed by atoms with Crippen molar-refractivity contribution < 1.29 is 4.92 Å². The lowest BCUT2D eigenvalue weighted by Crippen LogP contribution is -1.94. The molecule has 82 valence electrons. The lowest BCUT2D eigenvalue weighted by Gasteiger charge is -2.01. The van der Waals surface area contributed by atoms with Gasteiger partial charge in [0.15, 0.2) is 10.3 Å². The van der Waals surface area contributed by atoms with Crippen molar-refractivity contribution in [2.45, 2.75) is 6.92 Å². The lowest BCUT2D eigenvalue weighted by atomic mass is 10.2. The molecule has 1 aromatic heterocycles. The zero-order valence-corrected chi connectivity index (χ0v) is 9.58. The summed E-state index contributed by atoms with van der Waals surface area (Å²) >= 11 is 11.4. The van der Waals surface area contributed by atoms with Crippen molar-refractivity contribution in [2.24, 2.45) is 0 Å². The Morgan fingerprint density at radius 1 is 1.19 bits per heavy atom. The van der Waals surface area contributed by atoms with Gasteiger partial charge in [-0.3, -0.25) is 10.1 Å². The Balaban J connectivity index is 2.79. The summed E-state index contributed by atoms with van der Waals surface area (Å²) in [6.07, 6.45) is 0. The molecule has 0 N–H and O–H groups in total. The molecule has 7 heteroatoms. The summed E-state index contributed by atoms with van der Waals surface area (Å²) in [4.78, 5) is 18.2. The molecule has 0 unspecified atom stereocenters. The minimum atomic E-state index is -0.473. The van der Waals surface area contributed by atoms with Gasteiger partial charge in [0.1, 0.15) is 0 Å². The van der Waals surface area contributed by atoms with E-state index in [4.69, 9.17) is 23.2 Å². The third-order valence-corrected chi connectivity index (χ3v) is 2.72. The van der Waals surface area contributed by atoms with E-state index in [-0.39, 0.29) is 16.0 Å². The maximum Gasteiger partial charge on any atom is 0.274 e. The number of nitrogens with zero attached hydrogens (tertiary/aromatic N) is 3. The van der Waals surface area contributed by atoms with Gasteiger partial charge in [-0.2, -0.15) is 0 Å². The topological polar surface area (TPSA) is 68.9 Å². The molecular weight excluding hydrogens is 253 g/mol. The summed E-state index contributed by atoms with van der Waals surface area (Å²) in [6.45, 7) is 1.63. The van der Waals surface area contributed by atoms with Crippen molar-refractivity contribution in [3.8, 4) is 0 Å². The molecule has 0 fully saturated rings. The Labute approximate surface area is 100 Å². The van der Waals surface area contributed by atoms with Crippen molar-refractivity contribution in [1.29, 1.82) is 0 Å². The molecular formula is C9H5Cl2N3O2. The maximum absolute atomic E-state index is 10.7. The number of nitro benzene ring substituents is 1. The molecule has 0 amide bonds. The first-order chi connectivity index (χ1) is 7.49. The maximum atomic E-state index is 10.7. The highest BCUT2D eigenvalue weighted by molar-refractivity contribution is 6.40. The molecule has 0 saturated carbocycles. The van der Waals surface area contributed by atoms with E-state index in [1.54, 1.807) is 13.0 Å². The van der Waals surface area contributed by atoms with Crippen LogP contribution < -0.4 is 0 Å². The first-order valence-corrected chi connectivity index (χ1v) is 5.02. The molecule has 1 aromatic carbocycles. The SMILES string of the molecule is Cc1cc2nc(Cl)c(Cl)nc2cc1[N+](=O)[O-]. The number of aryl methyl sites for hydroxylation is 1. The molecule has 0 bridgehead atoms. The van der Waals surface area contributed by atoms with Gasteiger partial charge in [0.25, 0.3) is 5.69 Å². The predicted octanol–water partition coefficient (Wildman–Crippen LogP) is 3.15. The van der Waals surface area contributed by atoms with E-state index in [9.17, 15) is 10.1 Å². The molecule has 0 aliphatic rings. The molecule has 2 aromatic rings. The summed E-state index contributed by atoms with van der Waals surface area (Å²) in [5.41, 5.74) is 1.33. The number of halogens is 2. The standard InChI is InChI=1S/C9H5Cl2N3O2/c1-4-2-5-6(3-7(4)14(15)16)13-9(11)8(10)12-5/h2-3H,1H3. The molecule has 0 saturated heterocycles. The minimum Gasteiger partial charge on any atom is -0.258 e. The predicted molar refractivity (Wildman–Crippen MR) is 60.9 cm³/mol. The Kier molecular flexibility index (Phi) is 2.65. The number of rotatable bonds is 1. The molecule has 0 radical (unpaired) electrons. The van der Waals surface area contributed by atoms with Crippen molar-refractivity contribution >= 4 is 39.9 Å². The second kappa shape index (κ2) is 3.84. The molecule has 0 atom stereocenters. The third kappa shape index (κ3) is 1.79. The van der Waals surface area contributed by atoms with E-state index in [2.05, 4.69) is 9.97 Å². The summed E-state index contributed by atoms with van der Waals surface area (Å²) in [6, 6.07) is 2.89. The normalized spacial score (nSPS) is 10.7. The number of hydrogen-bond acceptors (Lipinski definition) is 4. The quantitative estimate of drug-likeness (QED) is 0.581. The smallest absolute Gasteiger partial charge is 0.258 e.